The summed E-state index contributed by atoms with van der Waals surface area (Å²) in [4.78, 5) is 28.3. The predicted molar refractivity (Wildman–Crippen MR) is 108 cm³/mol. The van der Waals surface area contributed by atoms with E-state index in [0.717, 1.165) is 11.8 Å². The van der Waals surface area contributed by atoms with Crippen LogP contribution in [-0.2, 0) is 16.1 Å². The van der Waals surface area contributed by atoms with Gasteiger partial charge >= 0.3 is 5.97 Å². The second-order valence-corrected chi connectivity index (χ2v) is 6.93. The Hall–Kier alpha value is -3.53. The molecule has 156 valence electrons. The van der Waals surface area contributed by atoms with Gasteiger partial charge < -0.3 is 24.5 Å². The molecule has 0 unspecified atom stereocenters. The standard InChI is InChI=1S/C20H19N3O6S/c1-26-14-8-7-12(9-15(14)27-2)19-22-18(29-23-19)10-28-20(25)13-5-3-4-6-16(13)30-11-17(21)24/h3-9H,10-11H2,1-2H3,(H2,21,24). The quantitative estimate of drug-likeness (QED) is 0.403. The number of aromatic nitrogens is 2. The summed E-state index contributed by atoms with van der Waals surface area (Å²) in [6, 6.07) is 12.0. The Balaban J connectivity index is 1.68. The van der Waals surface area contributed by atoms with Gasteiger partial charge in [-0.1, -0.05) is 17.3 Å². The van der Waals surface area contributed by atoms with E-state index < -0.39 is 11.9 Å². The summed E-state index contributed by atoms with van der Waals surface area (Å²) in [6.45, 7) is -0.200. The number of hydrogen-bond donors (Lipinski definition) is 1. The Morgan fingerprint density at radius 3 is 2.60 bits per heavy atom. The molecule has 2 aromatic carbocycles. The van der Waals surface area contributed by atoms with Gasteiger partial charge in [0, 0.05) is 10.5 Å². The molecular formula is C20H19N3O6S. The zero-order valence-corrected chi connectivity index (χ0v) is 17.1. The Morgan fingerprint density at radius 1 is 1.10 bits per heavy atom. The molecule has 3 rings (SSSR count). The maximum absolute atomic E-state index is 12.4. The fourth-order valence-electron chi connectivity index (χ4n) is 2.52. The van der Waals surface area contributed by atoms with E-state index in [4.69, 9.17) is 24.5 Å². The second kappa shape index (κ2) is 9.79. The molecule has 0 radical (unpaired) electrons. The molecule has 0 bridgehead atoms. The van der Waals surface area contributed by atoms with E-state index in [1.54, 1.807) is 49.6 Å². The van der Waals surface area contributed by atoms with Crippen LogP contribution in [0.25, 0.3) is 11.4 Å². The Labute approximate surface area is 176 Å². The molecule has 10 heteroatoms. The van der Waals surface area contributed by atoms with Gasteiger partial charge in [-0.15, -0.1) is 11.8 Å². The van der Waals surface area contributed by atoms with Crippen molar-refractivity contribution >= 4 is 23.6 Å². The molecular weight excluding hydrogens is 410 g/mol. The molecule has 1 heterocycles. The van der Waals surface area contributed by atoms with E-state index in [2.05, 4.69) is 10.1 Å². The van der Waals surface area contributed by atoms with Gasteiger partial charge in [0.2, 0.25) is 11.7 Å². The van der Waals surface area contributed by atoms with Crippen LogP contribution in [0.3, 0.4) is 0 Å². The highest BCUT2D eigenvalue weighted by molar-refractivity contribution is 8.00. The van der Waals surface area contributed by atoms with Gasteiger partial charge in [-0.2, -0.15) is 4.98 Å². The first-order valence-electron chi connectivity index (χ1n) is 8.74. The lowest BCUT2D eigenvalue weighted by Gasteiger charge is -2.07. The number of rotatable bonds is 9. The summed E-state index contributed by atoms with van der Waals surface area (Å²) in [6.07, 6.45) is 0. The number of nitrogens with zero attached hydrogens (tertiary/aromatic N) is 2. The molecule has 0 atom stereocenters. The molecule has 0 fully saturated rings. The number of nitrogens with two attached hydrogens (primary N) is 1. The van der Waals surface area contributed by atoms with E-state index >= 15 is 0 Å². The third kappa shape index (κ3) is 5.09. The zero-order chi connectivity index (χ0) is 21.5. The van der Waals surface area contributed by atoms with Crippen LogP contribution >= 0.6 is 11.8 Å². The lowest BCUT2D eigenvalue weighted by atomic mass is 10.2. The van der Waals surface area contributed by atoms with Gasteiger partial charge in [0.05, 0.1) is 25.5 Å². The topological polar surface area (TPSA) is 127 Å². The highest BCUT2D eigenvalue weighted by Gasteiger charge is 2.17. The SMILES string of the molecule is COc1ccc(-c2noc(COC(=O)c3ccccc3SCC(N)=O)n2)cc1OC. The smallest absolute Gasteiger partial charge is 0.339 e. The number of carbonyl (C=O) groups is 2. The second-order valence-electron chi connectivity index (χ2n) is 5.91. The minimum atomic E-state index is -0.576. The van der Waals surface area contributed by atoms with E-state index in [1.807, 2.05) is 0 Å². The van der Waals surface area contributed by atoms with Gasteiger partial charge in [-0.3, -0.25) is 4.79 Å². The van der Waals surface area contributed by atoms with E-state index in [0.29, 0.717) is 33.3 Å². The molecule has 0 saturated heterocycles. The van der Waals surface area contributed by atoms with Crippen molar-refractivity contribution in [3.63, 3.8) is 0 Å². The summed E-state index contributed by atoms with van der Waals surface area (Å²) in [5.74, 6) is 0.562. The van der Waals surface area contributed by atoms with Crippen LogP contribution in [0.1, 0.15) is 16.2 Å². The summed E-state index contributed by atoms with van der Waals surface area (Å²) in [5.41, 5.74) is 6.14. The van der Waals surface area contributed by atoms with Gasteiger partial charge in [0.1, 0.15) is 0 Å². The fraction of sp³-hybridized carbons (Fsp3) is 0.200. The van der Waals surface area contributed by atoms with Crippen LogP contribution < -0.4 is 15.2 Å². The minimum absolute atomic E-state index is 0.0582. The molecule has 2 N–H and O–H groups in total. The monoisotopic (exact) mass is 429 g/mol. The molecule has 1 aromatic heterocycles. The van der Waals surface area contributed by atoms with E-state index in [1.165, 1.54) is 7.11 Å². The number of amides is 1. The first-order chi connectivity index (χ1) is 14.5. The largest absolute Gasteiger partial charge is 0.493 e. The average Bonchev–Trinajstić information content (AvgIpc) is 3.24. The minimum Gasteiger partial charge on any atom is -0.493 e. The molecule has 0 aliphatic heterocycles. The molecule has 9 nitrogen and oxygen atoms in total. The Kier molecular flexibility index (Phi) is 6.91. The lowest BCUT2D eigenvalue weighted by molar-refractivity contribution is -0.115. The summed E-state index contributed by atoms with van der Waals surface area (Å²) >= 11 is 1.16. The van der Waals surface area contributed by atoms with Gasteiger partial charge in [-0.25, -0.2) is 4.79 Å². The maximum atomic E-state index is 12.4. The highest BCUT2D eigenvalue weighted by Crippen LogP contribution is 2.31. The van der Waals surface area contributed by atoms with Crippen LogP contribution in [0.5, 0.6) is 11.5 Å². The van der Waals surface area contributed by atoms with Crippen molar-refractivity contribution in [3.8, 4) is 22.9 Å². The number of esters is 1. The number of methoxy groups -OCH3 is 2. The molecule has 0 saturated carbocycles. The maximum Gasteiger partial charge on any atom is 0.339 e. The van der Waals surface area contributed by atoms with Gasteiger partial charge in [0.25, 0.3) is 5.89 Å². The van der Waals surface area contributed by atoms with Crippen molar-refractivity contribution in [2.24, 2.45) is 5.73 Å². The van der Waals surface area contributed by atoms with Crippen molar-refractivity contribution < 1.29 is 28.3 Å². The number of carbonyl (C=O) groups excluding carboxylic acids is 2. The molecule has 0 aliphatic carbocycles. The predicted octanol–water partition coefficient (Wildman–Crippen LogP) is 2.69. The number of ether oxygens (including phenoxy) is 3. The zero-order valence-electron chi connectivity index (χ0n) is 16.3. The van der Waals surface area contributed by atoms with Crippen molar-refractivity contribution in [2.75, 3.05) is 20.0 Å². The van der Waals surface area contributed by atoms with Crippen molar-refractivity contribution in [1.29, 1.82) is 0 Å². The van der Waals surface area contributed by atoms with Crippen molar-refractivity contribution in [3.05, 3.63) is 53.9 Å². The molecule has 30 heavy (non-hydrogen) atoms. The Bertz CT molecular complexity index is 1050. The number of hydrogen-bond acceptors (Lipinski definition) is 9. The summed E-state index contributed by atoms with van der Waals surface area (Å²) in [5, 5.41) is 3.91. The molecule has 0 aliphatic rings. The van der Waals surface area contributed by atoms with Crippen LogP contribution in [0, 0.1) is 0 Å². The van der Waals surface area contributed by atoms with Crippen LogP contribution in [-0.4, -0.2) is 42.0 Å². The van der Waals surface area contributed by atoms with Gasteiger partial charge in [-0.05, 0) is 30.3 Å². The van der Waals surface area contributed by atoms with Crippen LogP contribution in [0.15, 0.2) is 51.9 Å². The van der Waals surface area contributed by atoms with Crippen molar-refractivity contribution in [1.82, 2.24) is 10.1 Å². The first-order valence-corrected chi connectivity index (χ1v) is 9.72. The third-order valence-corrected chi connectivity index (χ3v) is 5.01. The number of benzene rings is 2. The number of thioether (sulfide) groups is 1. The summed E-state index contributed by atoms with van der Waals surface area (Å²) < 4.78 is 20.9. The number of primary amides is 1. The average molecular weight is 429 g/mol. The van der Waals surface area contributed by atoms with E-state index in [9.17, 15) is 9.59 Å². The van der Waals surface area contributed by atoms with Crippen LogP contribution in [0.2, 0.25) is 0 Å². The van der Waals surface area contributed by atoms with Crippen LogP contribution in [0.4, 0.5) is 0 Å². The molecule has 0 spiro atoms. The highest BCUT2D eigenvalue weighted by atomic mass is 32.2. The summed E-state index contributed by atoms with van der Waals surface area (Å²) in [7, 11) is 3.07. The third-order valence-electron chi connectivity index (χ3n) is 3.91. The first kappa shape index (κ1) is 21.2. The van der Waals surface area contributed by atoms with E-state index in [-0.39, 0.29) is 18.3 Å². The fourth-order valence-corrected chi connectivity index (χ4v) is 3.30. The molecule has 3 aromatic rings. The normalized spacial score (nSPS) is 10.5. The van der Waals surface area contributed by atoms with Crippen molar-refractivity contribution in [2.45, 2.75) is 11.5 Å². The molecule has 1 amide bonds. The van der Waals surface area contributed by atoms with Gasteiger partial charge in [0.15, 0.2) is 18.1 Å². The Morgan fingerprint density at radius 2 is 1.87 bits per heavy atom. The lowest BCUT2D eigenvalue weighted by Crippen LogP contribution is -2.14.